The standard InChI is InChI=1S/Bi.Fe.K.Na.5H/q;;2*+1;;;;2*-1. The maximum absolute atomic E-state index is 0. The van der Waals surface area contributed by atoms with Gasteiger partial charge in [0, 0.05) is 17.1 Å². The van der Waals surface area contributed by atoms with Crippen LogP contribution in [0.3, 0.4) is 0 Å². The first-order valence-electron chi connectivity index (χ1n) is 0. The Balaban J connectivity index is 0. The van der Waals surface area contributed by atoms with Crippen LogP contribution in [-0.4, -0.2) is 26.2 Å². The van der Waals surface area contributed by atoms with Gasteiger partial charge in [-0.25, -0.2) is 0 Å². The summed E-state index contributed by atoms with van der Waals surface area (Å²) in [4.78, 5) is 0. The van der Waals surface area contributed by atoms with Crippen molar-refractivity contribution < 1.29 is 101 Å². The summed E-state index contributed by atoms with van der Waals surface area (Å²) < 4.78 is 0. The molecule has 0 unspecified atom stereocenters. The number of hydrogen-bond acceptors (Lipinski definition) is 0. The average Bonchev–Trinajstić information content (AvgIpc) is 0. The van der Waals surface area contributed by atoms with Crippen molar-refractivity contribution in [2.75, 3.05) is 0 Å². The molecule has 0 aromatic carbocycles. The minimum atomic E-state index is 0. The van der Waals surface area contributed by atoms with Gasteiger partial charge in [-0.2, -0.15) is 0 Å². The van der Waals surface area contributed by atoms with Gasteiger partial charge in [-0.05, 0) is 0 Å². The van der Waals surface area contributed by atoms with E-state index < -0.39 is 0 Å². The van der Waals surface area contributed by atoms with E-state index in [-0.39, 0.29) is 127 Å². The molecule has 0 aromatic heterocycles. The van der Waals surface area contributed by atoms with E-state index in [9.17, 15) is 0 Å². The molecule has 0 rings (SSSR count). The maximum Gasteiger partial charge on any atom is 1.00 e. The Kier molecular flexibility index (Phi) is 96.1. The largest absolute Gasteiger partial charge is 1.00 e. The van der Waals surface area contributed by atoms with Crippen molar-refractivity contribution in [3.8, 4) is 0 Å². The Hall–Kier alpha value is 4.04. The summed E-state index contributed by atoms with van der Waals surface area (Å²) in [6.07, 6.45) is 0. The Morgan fingerprint density at radius 1 is 1.25 bits per heavy atom. The molecular formula is H5BiFeKNa. The van der Waals surface area contributed by atoms with Gasteiger partial charge in [0.05, 0.1) is 0 Å². The molecule has 0 aromatic rings. The minimum absolute atomic E-state index is 0. The van der Waals surface area contributed by atoms with E-state index in [1.807, 2.05) is 0 Å². The van der Waals surface area contributed by atoms with E-state index in [4.69, 9.17) is 0 Å². The summed E-state index contributed by atoms with van der Waals surface area (Å²) in [5.41, 5.74) is 0. The summed E-state index contributed by atoms with van der Waals surface area (Å²) in [6.45, 7) is 0. The molecule has 0 bridgehead atoms. The van der Waals surface area contributed by atoms with E-state index in [0.29, 0.717) is 0 Å². The molecule has 20 valence electrons. The summed E-state index contributed by atoms with van der Waals surface area (Å²) in [7, 11) is 0. The van der Waals surface area contributed by atoms with E-state index in [1.54, 1.807) is 0 Å². The van der Waals surface area contributed by atoms with Gasteiger partial charge in [0.1, 0.15) is 0 Å². The molecule has 0 N–H and O–H groups in total. The van der Waals surface area contributed by atoms with Crippen LogP contribution in [-0.2, 0) is 17.1 Å². The van der Waals surface area contributed by atoms with E-state index in [0.717, 1.165) is 0 Å². The molecule has 0 aliphatic heterocycles. The van der Waals surface area contributed by atoms with E-state index in [1.165, 1.54) is 0 Å². The number of hydrogen-bond donors (Lipinski definition) is 0. The fourth-order valence-electron chi connectivity index (χ4n) is 0. The molecule has 0 nitrogen and oxygen atoms in total. The molecule has 4 heavy (non-hydrogen) atoms. The average molecular weight is 332 g/mol. The quantitative estimate of drug-likeness (QED) is 0.387. The third kappa shape index (κ3) is 9.40. The second-order valence-corrected chi connectivity index (χ2v) is 0. The normalized spacial score (nSPS) is 0. The fraction of sp³-hybridized carbons (Fsp3) is 0. The third-order valence-corrected chi connectivity index (χ3v) is 0. The predicted molar refractivity (Wildman–Crippen MR) is 12.2 cm³/mol. The van der Waals surface area contributed by atoms with Gasteiger partial charge in [-0.1, -0.05) is 0 Å². The third-order valence-electron chi connectivity index (χ3n) is 0. The maximum atomic E-state index is 0. The predicted octanol–water partition coefficient (Wildman–Crippen LogP) is -6.95. The second kappa shape index (κ2) is 15.7. The Morgan fingerprint density at radius 2 is 1.25 bits per heavy atom. The Morgan fingerprint density at radius 3 is 1.25 bits per heavy atom. The molecule has 0 saturated carbocycles. The molecule has 0 aliphatic carbocycles. The van der Waals surface area contributed by atoms with Crippen molar-refractivity contribution in [1.82, 2.24) is 0 Å². The topological polar surface area (TPSA) is 0 Å². The first kappa shape index (κ1) is 24.4. The second-order valence-electron chi connectivity index (χ2n) is 0. The van der Waals surface area contributed by atoms with Crippen LogP contribution in [0.2, 0.25) is 0 Å². The van der Waals surface area contributed by atoms with Crippen LogP contribution in [0.25, 0.3) is 0 Å². The zero-order chi connectivity index (χ0) is 0. The fourth-order valence-corrected chi connectivity index (χ4v) is 0. The molecule has 0 amide bonds. The summed E-state index contributed by atoms with van der Waals surface area (Å²) in [5, 5.41) is 0. The Labute approximate surface area is 124 Å². The molecule has 0 aliphatic rings. The van der Waals surface area contributed by atoms with Crippen molar-refractivity contribution >= 4 is 26.2 Å². The van der Waals surface area contributed by atoms with Crippen LogP contribution < -0.4 is 80.9 Å². The van der Waals surface area contributed by atoms with E-state index >= 15 is 0 Å². The zero-order valence-electron chi connectivity index (χ0n) is 5.06. The molecule has 0 heterocycles. The Bertz CT molecular complexity index is 13.5. The van der Waals surface area contributed by atoms with Crippen molar-refractivity contribution in [1.29, 1.82) is 0 Å². The smallest absolute Gasteiger partial charge is 1.00 e. The van der Waals surface area contributed by atoms with Gasteiger partial charge in [-0.15, -0.1) is 0 Å². The van der Waals surface area contributed by atoms with Crippen molar-refractivity contribution in [2.45, 2.75) is 0 Å². The first-order chi connectivity index (χ1) is 0. The van der Waals surface area contributed by atoms with Gasteiger partial charge >= 0.3 is 107 Å². The minimum Gasteiger partial charge on any atom is -1.00 e. The summed E-state index contributed by atoms with van der Waals surface area (Å²) >= 11 is 0. The summed E-state index contributed by atoms with van der Waals surface area (Å²) in [6, 6.07) is 0. The van der Waals surface area contributed by atoms with Gasteiger partial charge in [0.15, 0.2) is 0 Å². The van der Waals surface area contributed by atoms with Gasteiger partial charge in [0.2, 0.25) is 0 Å². The van der Waals surface area contributed by atoms with Gasteiger partial charge < -0.3 is 2.85 Å². The molecule has 0 spiro atoms. The van der Waals surface area contributed by atoms with Crippen molar-refractivity contribution in [2.24, 2.45) is 0 Å². The molecule has 4 heteroatoms. The van der Waals surface area contributed by atoms with Crippen LogP contribution in [0, 0.1) is 0 Å². The SMILES string of the molecule is [BiH3].[Fe].[H-].[H-].[K+].[Na+]. The molecule has 0 fully saturated rings. The van der Waals surface area contributed by atoms with Crippen LogP contribution in [0.4, 0.5) is 0 Å². The molecular weight excluding hydrogens is 327 g/mol. The van der Waals surface area contributed by atoms with Gasteiger partial charge in [-0.3, -0.25) is 0 Å². The number of rotatable bonds is 0. The van der Waals surface area contributed by atoms with Crippen LogP contribution in [0.15, 0.2) is 0 Å². The zero-order valence-corrected chi connectivity index (χ0v) is 14.8. The molecule has 0 atom stereocenters. The van der Waals surface area contributed by atoms with Crippen LogP contribution >= 0.6 is 0 Å². The molecule has 0 saturated heterocycles. The van der Waals surface area contributed by atoms with Crippen molar-refractivity contribution in [3.63, 3.8) is 0 Å². The van der Waals surface area contributed by atoms with Crippen molar-refractivity contribution in [3.05, 3.63) is 0 Å². The van der Waals surface area contributed by atoms with Gasteiger partial charge in [0.25, 0.3) is 0 Å². The monoisotopic (exact) mass is 332 g/mol. The first-order valence-corrected chi connectivity index (χ1v) is 0. The molecule has 0 radical (unpaired) electrons. The van der Waals surface area contributed by atoms with Crippen LogP contribution in [0.1, 0.15) is 2.85 Å². The summed E-state index contributed by atoms with van der Waals surface area (Å²) in [5.74, 6) is 0. The van der Waals surface area contributed by atoms with E-state index in [2.05, 4.69) is 0 Å². The van der Waals surface area contributed by atoms with Crippen LogP contribution in [0.5, 0.6) is 0 Å².